The Labute approximate surface area is 206 Å². The van der Waals surface area contributed by atoms with Crippen LogP contribution in [-0.2, 0) is 14.3 Å². The quantitative estimate of drug-likeness (QED) is 0.532. The van der Waals surface area contributed by atoms with E-state index in [1.165, 1.54) is 11.1 Å². The second kappa shape index (κ2) is 10.9. The molecule has 2 amide bonds. The third kappa shape index (κ3) is 5.84. The summed E-state index contributed by atoms with van der Waals surface area (Å²) in [6.45, 7) is 0.616. The Bertz CT molecular complexity index is 1030. The Balaban J connectivity index is 1.39. The van der Waals surface area contributed by atoms with Crippen molar-refractivity contribution < 1.29 is 24.2 Å². The van der Waals surface area contributed by atoms with Crippen LogP contribution in [0.5, 0.6) is 0 Å². The van der Waals surface area contributed by atoms with E-state index in [0.29, 0.717) is 13.0 Å². The molecule has 35 heavy (non-hydrogen) atoms. The number of rotatable bonds is 9. The fourth-order valence-electron chi connectivity index (χ4n) is 5.44. The van der Waals surface area contributed by atoms with Crippen molar-refractivity contribution in [3.63, 3.8) is 0 Å². The summed E-state index contributed by atoms with van der Waals surface area (Å²) in [5, 5.41) is 11.9. The maximum absolute atomic E-state index is 13.0. The first-order valence-corrected chi connectivity index (χ1v) is 12.5. The Morgan fingerprint density at radius 3 is 2.20 bits per heavy atom. The smallest absolute Gasteiger partial charge is 0.407 e. The Kier molecular flexibility index (Phi) is 7.73. The molecule has 7 heteroatoms. The minimum Gasteiger partial charge on any atom is -0.481 e. The zero-order valence-electron chi connectivity index (χ0n) is 20.3. The molecule has 1 saturated carbocycles. The van der Waals surface area contributed by atoms with Crippen LogP contribution in [0, 0.1) is 0 Å². The molecule has 2 aromatic rings. The molecule has 4 rings (SSSR count). The van der Waals surface area contributed by atoms with Crippen LogP contribution in [0.1, 0.15) is 68.4 Å². The van der Waals surface area contributed by atoms with Gasteiger partial charge in [0.25, 0.3) is 0 Å². The van der Waals surface area contributed by atoms with Crippen molar-refractivity contribution in [2.45, 2.75) is 62.8 Å². The Morgan fingerprint density at radius 2 is 1.60 bits per heavy atom. The molecule has 2 aliphatic carbocycles. The molecular formula is C28H34N2O5. The van der Waals surface area contributed by atoms with Gasteiger partial charge in [0.2, 0.25) is 5.91 Å². The number of hydrogen-bond acceptors (Lipinski definition) is 4. The third-order valence-electron chi connectivity index (χ3n) is 7.32. The van der Waals surface area contributed by atoms with Gasteiger partial charge in [0.05, 0.1) is 12.0 Å². The highest BCUT2D eigenvalue weighted by Gasteiger charge is 2.37. The zero-order valence-corrected chi connectivity index (χ0v) is 20.3. The summed E-state index contributed by atoms with van der Waals surface area (Å²) in [6, 6.07) is 16.4. The normalized spacial score (nSPS) is 16.1. The van der Waals surface area contributed by atoms with E-state index in [2.05, 4.69) is 29.6 Å². The SMILES string of the molecule is CN(CCCC(=O)O)C(=O)CC1(NC(=O)OCC2c3ccccc3-c3ccccc32)CCCCC1. The van der Waals surface area contributed by atoms with Gasteiger partial charge in [-0.15, -0.1) is 0 Å². The van der Waals surface area contributed by atoms with Crippen LogP contribution < -0.4 is 5.32 Å². The number of carboxylic acid groups (broad SMARTS) is 1. The molecule has 0 atom stereocenters. The molecule has 0 heterocycles. The van der Waals surface area contributed by atoms with Crippen LogP contribution in [0.2, 0.25) is 0 Å². The van der Waals surface area contributed by atoms with Crippen molar-refractivity contribution >= 4 is 18.0 Å². The summed E-state index contributed by atoms with van der Waals surface area (Å²) in [6.07, 6.45) is 4.56. The number of nitrogens with one attached hydrogen (secondary N) is 1. The van der Waals surface area contributed by atoms with Crippen molar-refractivity contribution in [3.8, 4) is 11.1 Å². The van der Waals surface area contributed by atoms with Gasteiger partial charge in [-0.25, -0.2) is 4.79 Å². The molecule has 0 aliphatic heterocycles. The van der Waals surface area contributed by atoms with Gasteiger partial charge >= 0.3 is 12.1 Å². The second-order valence-electron chi connectivity index (χ2n) is 9.78. The van der Waals surface area contributed by atoms with Gasteiger partial charge in [0.15, 0.2) is 0 Å². The molecule has 186 valence electrons. The lowest BCUT2D eigenvalue weighted by Gasteiger charge is -2.38. The van der Waals surface area contributed by atoms with Crippen LogP contribution in [0.3, 0.4) is 0 Å². The monoisotopic (exact) mass is 478 g/mol. The summed E-state index contributed by atoms with van der Waals surface area (Å²) in [7, 11) is 1.69. The molecule has 0 unspecified atom stereocenters. The largest absolute Gasteiger partial charge is 0.481 e. The van der Waals surface area contributed by atoms with Gasteiger partial charge in [-0.05, 0) is 41.5 Å². The van der Waals surface area contributed by atoms with Crippen LogP contribution in [0.25, 0.3) is 11.1 Å². The molecule has 2 aromatic carbocycles. The van der Waals surface area contributed by atoms with E-state index in [9.17, 15) is 14.4 Å². The molecule has 0 bridgehead atoms. The minimum absolute atomic E-state index is 0.0162. The number of carboxylic acids is 1. The van der Waals surface area contributed by atoms with E-state index in [0.717, 1.165) is 43.2 Å². The fourth-order valence-corrected chi connectivity index (χ4v) is 5.44. The number of alkyl carbamates (subject to hydrolysis) is 1. The molecular weight excluding hydrogens is 444 g/mol. The molecule has 0 spiro atoms. The predicted molar refractivity (Wildman–Crippen MR) is 133 cm³/mol. The first-order chi connectivity index (χ1) is 16.9. The van der Waals surface area contributed by atoms with Crippen LogP contribution in [-0.4, -0.2) is 53.7 Å². The molecule has 1 fully saturated rings. The standard InChI is InChI=1S/C28H34N2O5/c1-30(17-9-14-26(32)33)25(31)18-28(15-7-2-8-16-28)29-27(34)35-19-24-22-12-5-3-10-20(22)21-11-4-6-13-23(21)24/h3-6,10-13,24H,2,7-9,14-19H2,1H3,(H,29,34)(H,32,33). The van der Waals surface area contributed by atoms with E-state index in [1.54, 1.807) is 11.9 Å². The maximum atomic E-state index is 13.0. The van der Waals surface area contributed by atoms with Crippen LogP contribution in [0.15, 0.2) is 48.5 Å². The average Bonchev–Trinajstić information content (AvgIpc) is 3.16. The summed E-state index contributed by atoms with van der Waals surface area (Å²) < 4.78 is 5.76. The molecule has 7 nitrogen and oxygen atoms in total. The highest BCUT2D eigenvalue weighted by molar-refractivity contribution is 5.80. The van der Waals surface area contributed by atoms with Crippen molar-refractivity contribution in [3.05, 3.63) is 59.7 Å². The van der Waals surface area contributed by atoms with Gasteiger partial charge in [0, 0.05) is 25.9 Å². The van der Waals surface area contributed by atoms with Crippen molar-refractivity contribution in [1.82, 2.24) is 10.2 Å². The Hall–Kier alpha value is -3.35. The van der Waals surface area contributed by atoms with Crippen molar-refractivity contribution in [1.29, 1.82) is 0 Å². The number of amides is 2. The lowest BCUT2D eigenvalue weighted by molar-refractivity contribution is -0.138. The minimum atomic E-state index is -0.869. The second-order valence-corrected chi connectivity index (χ2v) is 9.78. The van der Waals surface area contributed by atoms with Gasteiger partial charge in [0.1, 0.15) is 6.61 Å². The summed E-state index contributed by atoms with van der Waals surface area (Å²) in [4.78, 5) is 38.2. The number of aliphatic carboxylic acids is 1. The van der Waals surface area contributed by atoms with Gasteiger partial charge in [-0.3, -0.25) is 9.59 Å². The lowest BCUT2D eigenvalue weighted by atomic mass is 9.79. The molecule has 0 aromatic heterocycles. The zero-order chi connectivity index (χ0) is 24.8. The molecule has 0 saturated heterocycles. The third-order valence-corrected chi connectivity index (χ3v) is 7.32. The summed E-state index contributed by atoms with van der Waals surface area (Å²) in [5.41, 5.74) is 4.05. The van der Waals surface area contributed by atoms with Crippen LogP contribution >= 0.6 is 0 Å². The first-order valence-electron chi connectivity index (χ1n) is 12.5. The lowest BCUT2D eigenvalue weighted by Crippen LogP contribution is -2.53. The topological polar surface area (TPSA) is 95.9 Å². The van der Waals surface area contributed by atoms with Crippen molar-refractivity contribution in [2.75, 3.05) is 20.2 Å². The van der Waals surface area contributed by atoms with E-state index >= 15 is 0 Å². The van der Waals surface area contributed by atoms with Crippen LogP contribution in [0.4, 0.5) is 4.79 Å². The van der Waals surface area contributed by atoms with Gasteiger partial charge in [-0.1, -0.05) is 67.8 Å². The molecule has 2 aliphatic rings. The maximum Gasteiger partial charge on any atom is 0.407 e. The number of hydrogen-bond donors (Lipinski definition) is 2. The number of carbonyl (C=O) groups excluding carboxylic acids is 2. The number of ether oxygens (including phenoxy) is 1. The van der Waals surface area contributed by atoms with E-state index in [1.807, 2.05) is 24.3 Å². The molecule has 2 N–H and O–H groups in total. The fraction of sp³-hybridized carbons (Fsp3) is 0.464. The highest BCUT2D eigenvalue weighted by Crippen LogP contribution is 2.44. The average molecular weight is 479 g/mol. The number of carbonyl (C=O) groups is 3. The predicted octanol–water partition coefficient (Wildman–Crippen LogP) is 4.94. The number of fused-ring (bicyclic) bond motifs is 3. The van der Waals surface area contributed by atoms with Crippen molar-refractivity contribution in [2.24, 2.45) is 0 Å². The van der Waals surface area contributed by atoms with E-state index in [-0.39, 0.29) is 31.3 Å². The summed E-state index contributed by atoms with van der Waals surface area (Å²) in [5.74, 6) is -0.972. The first kappa shape index (κ1) is 24.8. The highest BCUT2D eigenvalue weighted by atomic mass is 16.5. The van der Waals surface area contributed by atoms with Gasteiger partial charge < -0.3 is 20.1 Å². The number of benzene rings is 2. The molecule has 0 radical (unpaired) electrons. The Morgan fingerprint density at radius 1 is 1.00 bits per heavy atom. The number of nitrogens with zero attached hydrogens (tertiary/aromatic N) is 1. The summed E-state index contributed by atoms with van der Waals surface area (Å²) >= 11 is 0. The van der Waals surface area contributed by atoms with Gasteiger partial charge in [-0.2, -0.15) is 0 Å². The van der Waals surface area contributed by atoms with E-state index < -0.39 is 17.6 Å². The van der Waals surface area contributed by atoms with E-state index in [4.69, 9.17) is 9.84 Å².